The van der Waals surface area contributed by atoms with Gasteiger partial charge >= 0.3 is 0 Å². The van der Waals surface area contributed by atoms with E-state index in [9.17, 15) is 4.79 Å². The Labute approximate surface area is 171 Å². The van der Waals surface area contributed by atoms with Crippen LogP contribution in [0, 0.1) is 0 Å². The Kier molecular flexibility index (Phi) is 6.99. The normalized spacial score (nSPS) is 16.0. The first kappa shape index (κ1) is 20.7. The van der Waals surface area contributed by atoms with E-state index in [1.165, 1.54) is 31.0 Å². The van der Waals surface area contributed by atoms with E-state index < -0.39 is 0 Å². The van der Waals surface area contributed by atoms with Crippen molar-refractivity contribution >= 4 is 17.7 Å². The minimum Gasteiger partial charge on any atom is -0.496 e. The van der Waals surface area contributed by atoms with Crippen molar-refractivity contribution in [3.63, 3.8) is 0 Å². The predicted octanol–water partition coefficient (Wildman–Crippen LogP) is 4.15. The van der Waals surface area contributed by atoms with Crippen molar-refractivity contribution in [3.8, 4) is 17.1 Å². The molecule has 152 valence electrons. The van der Waals surface area contributed by atoms with Crippen LogP contribution in [0.25, 0.3) is 11.4 Å². The Balaban J connectivity index is 1.74. The highest BCUT2D eigenvalue weighted by Crippen LogP contribution is 2.32. The van der Waals surface area contributed by atoms with E-state index in [0.29, 0.717) is 6.04 Å². The molecular formula is C21H30N4O2S. The number of nitrogens with zero attached hydrogens (tertiary/aromatic N) is 4. The van der Waals surface area contributed by atoms with Crippen molar-refractivity contribution < 1.29 is 9.53 Å². The minimum atomic E-state index is -0.199. The molecule has 0 unspecified atom stereocenters. The number of benzene rings is 1. The summed E-state index contributed by atoms with van der Waals surface area (Å²) in [7, 11) is 3.58. The average Bonchev–Trinajstić information content (AvgIpc) is 3.09. The number of para-hydroxylation sites is 1. The maximum Gasteiger partial charge on any atom is 0.236 e. The first-order valence-corrected chi connectivity index (χ1v) is 10.9. The molecule has 0 spiro atoms. The molecule has 0 radical (unpaired) electrons. The SMILES string of the molecule is CCN(C(=O)[C@@H](C)Sc1nnc(-c2ccccc2OC)n1C)C1CCCCC1. The van der Waals surface area contributed by atoms with Crippen LogP contribution in [0.15, 0.2) is 29.4 Å². The molecule has 1 aromatic carbocycles. The zero-order chi connectivity index (χ0) is 20.1. The summed E-state index contributed by atoms with van der Waals surface area (Å²) in [5.41, 5.74) is 0.892. The molecule has 1 aliphatic carbocycles. The third-order valence-electron chi connectivity index (χ3n) is 5.45. The molecule has 3 rings (SSSR count). The standard InChI is InChI=1S/C21H30N4O2S/c1-5-25(16-11-7-6-8-12-16)20(26)15(2)28-21-23-22-19(24(21)3)17-13-9-10-14-18(17)27-4/h9-10,13-16H,5-8,11-12H2,1-4H3/t15-/m1/s1. The second-order valence-electron chi connectivity index (χ2n) is 7.24. The van der Waals surface area contributed by atoms with E-state index in [1.54, 1.807) is 7.11 Å². The van der Waals surface area contributed by atoms with Gasteiger partial charge in [0.1, 0.15) is 5.75 Å². The molecular weight excluding hydrogens is 372 g/mol. The van der Waals surface area contributed by atoms with Gasteiger partial charge in [-0.3, -0.25) is 4.79 Å². The zero-order valence-corrected chi connectivity index (χ0v) is 18.0. The Morgan fingerprint density at radius 2 is 2.00 bits per heavy atom. The molecule has 7 heteroatoms. The highest BCUT2D eigenvalue weighted by molar-refractivity contribution is 8.00. The lowest BCUT2D eigenvalue weighted by molar-refractivity contribution is -0.133. The molecule has 1 aromatic heterocycles. The third-order valence-corrected chi connectivity index (χ3v) is 6.57. The average molecular weight is 403 g/mol. The van der Waals surface area contributed by atoms with Crippen LogP contribution in [-0.2, 0) is 11.8 Å². The smallest absolute Gasteiger partial charge is 0.236 e. The molecule has 1 saturated carbocycles. The largest absolute Gasteiger partial charge is 0.496 e. The van der Waals surface area contributed by atoms with Crippen molar-refractivity contribution in [1.82, 2.24) is 19.7 Å². The van der Waals surface area contributed by atoms with Crippen molar-refractivity contribution in [2.24, 2.45) is 7.05 Å². The number of thioether (sulfide) groups is 1. The van der Waals surface area contributed by atoms with E-state index in [0.717, 1.165) is 41.7 Å². The van der Waals surface area contributed by atoms with E-state index in [4.69, 9.17) is 4.74 Å². The topological polar surface area (TPSA) is 60.3 Å². The second-order valence-corrected chi connectivity index (χ2v) is 8.55. The first-order chi connectivity index (χ1) is 13.6. The van der Waals surface area contributed by atoms with Crippen LogP contribution in [0.3, 0.4) is 0 Å². The Morgan fingerprint density at radius 1 is 1.29 bits per heavy atom. The third kappa shape index (κ3) is 4.35. The number of aromatic nitrogens is 3. The molecule has 1 heterocycles. The van der Waals surface area contributed by atoms with Gasteiger partial charge in [0.05, 0.1) is 17.9 Å². The number of hydrogen-bond donors (Lipinski definition) is 0. The number of ether oxygens (including phenoxy) is 1. The van der Waals surface area contributed by atoms with E-state index in [1.807, 2.05) is 42.8 Å². The summed E-state index contributed by atoms with van der Waals surface area (Å²) in [5.74, 6) is 1.69. The molecule has 1 fully saturated rings. The van der Waals surface area contributed by atoms with Crippen LogP contribution >= 0.6 is 11.8 Å². The molecule has 2 aromatic rings. The van der Waals surface area contributed by atoms with Gasteiger partial charge in [-0.05, 0) is 38.8 Å². The quantitative estimate of drug-likeness (QED) is 0.651. The van der Waals surface area contributed by atoms with Gasteiger partial charge in [0, 0.05) is 19.6 Å². The minimum absolute atomic E-state index is 0.196. The molecule has 0 saturated heterocycles. The van der Waals surface area contributed by atoms with Crippen LogP contribution in [0.4, 0.5) is 0 Å². The van der Waals surface area contributed by atoms with Gasteiger partial charge in [-0.1, -0.05) is 43.2 Å². The Hall–Kier alpha value is -2.02. The van der Waals surface area contributed by atoms with Crippen LogP contribution in [0.2, 0.25) is 0 Å². The predicted molar refractivity (Wildman–Crippen MR) is 113 cm³/mol. The summed E-state index contributed by atoms with van der Waals surface area (Å²) in [4.78, 5) is 15.2. The van der Waals surface area contributed by atoms with Crippen molar-refractivity contribution in [2.75, 3.05) is 13.7 Å². The summed E-state index contributed by atoms with van der Waals surface area (Å²) < 4.78 is 7.38. The molecule has 6 nitrogen and oxygen atoms in total. The monoisotopic (exact) mass is 402 g/mol. The van der Waals surface area contributed by atoms with Crippen molar-refractivity contribution in [3.05, 3.63) is 24.3 Å². The lowest BCUT2D eigenvalue weighted by Crippen LogP contribution is -2.44. The van der Waals surface area contributed by atoms with Crippen LogP contribution in [0.1, 0.15) is 46.0 Å². The molecule has 1 amide bonds. The maximum atomic E-state index is 13.1. The summed E-state index contributed by atoms with van der Waals surface area (Å²) in [6.45, 7) is 4.81. The van der Waals surface area contributed by atoms with Crippen LogP contribution < -0.4 is 4.74 Å². The summed E-state index contributed by atoms with van der Waals surface area (Å²) >= 11 is 1.47. The van der Waals surface area contributed by atoms with Gasteiger partial charge in [0.25, 0.3) is 0 Å². The Morgan fingerprint density at radius 3 is 2.68 bits per heavy atom. The number of carbonyl (C=O) groups is 1. The second kappa shape index (κ2) is 9.45. The molecule has 0 N–H and O–H groups in total. The fourth-order valence-corrected chi connectivity index (χ4v) is 4.80. The van der Waals surface area contributed by atoms with Gasteiger partial charge in [0.2, 0.25) is 5.91 Å². The van der Waals surface area contributed by atoms with Gasteiger partial charge in [-0.2, -0.15) is 0 Å². The molecule has 28 heavy (non-hydrogen) atoms. The van der Waals surface area contributed by atoms with Crippen LogP contribution in [0.5, 0.6) is 5.75 Å². The van der Waals surface area contributed by atoms with Gasteiger partial charge in [-0.25, -0.2) is 0 Å². The summed E-state index contributed by atoms with van der Waals surface area (Å²) in [6, 6.07) is 8.15. The highest BCUT2D eigenvalue weighted by Gasteiger charge is 2.29. The van der Waals surface area contributed by atoms with Gasteiger partial charge in [-0.15, -0.1) is 10.2 Å². The lowest BCUT2D eigenvalue weighted by atomic mass is 9.94. The lowest BCUT2D eigenvalue weighted by Gasteiger charge is -2.35. The van der Waals surface area contributed by atoms with Crippen molar-refractivity contribution in [2.45, 2.75) is 62.4 Å². The number of methoxy groups -OCH3 is 1. The number of amides is 1. The zero-order valence-electron chi connectivity index (χ0n) is 17.2. The Bertz CT molecular complexity index is 801. The molecule has 1 atom stereocenters. The molecule has 1 aliphatic rings. The number of hydrogen-bond acceptors (Lipinski definition) is 5. The summed E-state index contributed by atoms with van der Waals surface area (Å²) in [5, 5.41) is 9.22. The fourth-order valence-electron chi connectivity index (χ4n) is 3.91. The van der Waals surface area contributed by atoms with E-state index >= 15 is 0 Å². The number of rotatable bonds is 7. The van der Waals surface area contributed by atoms with E-state index in [-0.39, 0.29) is 11.2 Å². The van der Waals surface area contributed by atoms with Crippen LogP contribution in [-0.4, -0.2) is 50.5 Å². The van der Waals surface area contributed by atoms with Crippen molar-refractivity contribution in [1.29, 1.82) is 0 Å². The molecule has 0 aliphatic heterocycles. The van der Waals surface area contributed by atoms with Gasteiger partial charge in [0.15, 0.2) is 11.0 Å². The fraction of sp³-hybridized carbons (Fsp3) is 0.571. The highest BCUT2D eigenvalue weighted by atomic mass is 32.2. The van der Waals surface area contributed by atoms with E-state index in [2.05, 4.69) is 22.0 Å². The number of carbonyl (C=O) groups excluding carboxylic acids is 1. The molecule has 0 bridgehead atoms. The summed E-state index contributed by atoms with van der Waals surface area (Å²) in [6.07, 6.45) is 5.98. The first-order valence-electron chi connectivity index (χ1n) is 10.1. The maximum absolute atomic E-state index is 13.1. The van der Waals surface area contributed by atoms with Gasteiger partial charge < -0.3 is 14.2 Å².